The summed E-state index contributed by atoms with van der Waals surface area (Å²) in [5.41, 5.74) is 0.167. The van der Waals surface area contributed by atoms with Gasteiger partial charge in [0.25, 0.3) is 0 Å². The molecule has 1 aromatic rings. The van der Waals surface area contributed by atoms with Crippen LogP contribution in [0.2, 0.25) is 0 Å². The Morgan fingerprint density at radius 3 is 3.11 bits per heavy atom. The van der Waals surface area contributed by atoms with E-state index in [9.17, 15) is 4.79 Å². The molecule has 1 aromatic heterocycles. The molecule has 2 N–H and O–H groups in total. The number of hydrogen-bond acceptors (Lipinski definition) is 5. The zero-order valence-corrected chi connectivity index (χ0v) is 10.8. The Kier molecular flexibility index (Phi) is 3.98. The van der Waals surface area contributed by atoms with E-state index in [1.165, 1.54) is 6.39 Å². The van der Waals surface area contributed by atoms with Crippen LogP contribution in [0, 0.1) is 6.92 Å². The summed E-state index contributed by atoms with van der Waals surface area (Å²) in [5.74, 6) is 0.694. The van der Waals surface area contributed by atoms with Crippen LogP contribution in [0.15, 0.2) is 10.8 Å². The first kappa shape index (κ1) is 13.0. The molecule has 0 saturated carbocycles. The molecule has 2 rings (SSSR count). The summed E-state index contributed by atoms with van der Waals surface area (Å²) in [6.45, 7) is 3.44. The van der Waals surface area contributed by atoms with Gasteiger partial charge in [-0.15, -0.1) is 0 Å². The molecule has 0 bridgehead atoms. The fourth-order valence-electron chi connectivity index (χ4n) is 2.27. The van der Waals surface area contributed by atoms with Crippen molar-refractivity contribution in [3.63, 3.8) is 0 Å². The Hall–Kier alpha value is -1.40. The van der Waals surface area contributed by atoms with E-state index in [4.69, 9.17) is 9.15 Å². The maximum atomic E-state index is 12.3. The lowest BCUT2D eigenvalue weighted by molar-refractivity contribution is -0.129. The van der Waals surface area contributed by atoms with Crippen molar-refractivity contribution < 1.29 is 13.9 Å². The van der Waals surface area contributed by atoms with Crippen LogP contribution in [0.1, 0.15) is 24.3 Å². The number of ether oxygens (including phenoxy) is 1. The van der Waals surface area contributed by atoms with Crippen molar-refractivity contribution in [2.45, 2.75) is 31.8 Å². The van der Waals surface area contributed by atoms with E-state index in [2.05, 4.69) is 15.6 Å². The first-order valence-electron chi connectivity index (χ1n) is 6.09. The Balaban J connectivity index is 1.96. The van der Waals surface area contributed by atoms with Gasteiger partial charge in [-0.3, -0.25) is 4.79 Å². The first-order chi connectivity index (χ1) is 8.68. The predicted molar refractivity (Wildman–Crippen MR) is 64.9 cm³/mol. The molecule has 18 heavy (non-hydrogen) atoms. The molecule has 2 heterocycles. The number of nitrogens with zero attached hydrogens (tertiary/aromatic N) is 1. The number of nitrogens with one attached hydrogen (secondary N) is 2. The van der Waals surface area contributed by atoms with Crippen molar-refractivity contribution in [2.75, 3.05) is 20.3 Å². The summed E-state index contributed by atoms with van der Waals surface area (Å²) < 4.78 is 10.2. The molecule has 1 aliphatic heterocycles. The molecule has 6 nitrogen and oxygen atoms in total. The average Bonchev–Trinajstić information content (AvgIpc) is 2.97. The minimum atomic E-state index is -0.591. The summed E-state index contributed by atoms with van der Waals surface area (Å²) in [4.78, 5) is 16.3. The first-order valence-corrected chi connectivity index (χ1v) is 6.09. The third-order valence-corrected chi connectivity index (χ3v) is 3.33. The Bertz CT molecular complexity index is 410. The van der Waals surface area contributed by atoms with Crippen LogP contribution in [0.5, 0.6) is 0 Å². The van der Waals surface area contributed by atoms with Gasteiger partial charge in [-0.25, -0.2) is 4.98 Å². The lowest BCUT2D eigenvalue weighted by atomic mass is 9.97. The van der Waals surface area contributed by atoms with Gasteiger partial charge in [0.05, 0.1) is 13.2 Å². The Morgan fingerprint density at radius 1 is 1.72 bits per heavy atom. The van der Waals surface area contributed by atoms with Crippen molar-refractivity contribution >= 4 is 5.91 Å². The van der Waals surface area contributed by atoms with Crippen molar-refractivity contribution in [3.8, 4) is 0 Å². The van der Waals surface area contributed by atoms with Gasteiger partial charge in [0.15, 0.2) is 6.39 Å². The van der Waals surface area contributed by atoms with E-state index >= 15 is 0 Å². The second kappa shape index (κ2) is 5.49. The van der Waals surface area contributed by atoms with Gasteiger partial charge < -0.3 is 19.8 Å². The third-order valence-electron chi connectivity index (χ3n) is 3.33. The van der Waals surface area contributed by atoms with Crippen LogP contribution >= 0.6 is 0 Å². The topological polar surface area (TPSA) is 76.4 Å². The average molecular weight is 253 g/mol. The van der Waals surface area contributed by atoms with Gasteiger partial charge in [-0.1, -0.05) is 0 Å². The summed E-state index contributed by atoms with van der Waals surface area (Å²) >= 11 is 0. The molecule has 0 radical (unpaired) electrons. The molecule has 0 aromatic carbocycles. The summed E-state index contributed by atoms with van der Waals surface area (Å²) in [5, 5.41) is 6.12. The summed E-state index contributed by atoms with van der Waals surface area (Å²) in [6.07, 6.45) is 3.17. The number of rotatable bonds is 5. The Labute approximate surface area is 106 Å². The van der Waals surface area contributed by atoms with Crippen molar-refractivity contribution in [1.82, 2.24) is 15.6 Å². The number of amides is 1. The van der Waals surface area contributed by atoms with Crippen LogP contribution < -0.4 is 10.6 Å². The number of carbonyl (C=O) groups is 1. The van der Waals surface area contributed by atoms with Gasteiger partial charge in [0, 0.05) is 7.11 Å². The van der Waals surface area contributed by atoms with Gasteiger partial charge >= 0.3 is 0 Å². The molecular weight excluding hydrogens is 234 g/mol. The molecule has 1 saturated heterocycles. The summed E-state index contributed by atoms with van der Waals surface area (Å²) in [6, 6.07) is 0. The maximum absolute atomic E-state index is 12.3. The highest BCUT2D eigenvalue weighted by Crippen LogP contribution is 2.20. The van der Waals surface area contributed by atoms with Gasteiger partial charge in [-0.05, 0) is 26.3 Å². The standard InChI is InChI=1S/C12H19N3O3/c1-9-10(14-8-18-9)6-13-11(16)12(7-17-2)4-3-5-15-12/h8,15H,3-7H2,1-2H3,(H,13,16). The second-order valence-corrected chi connectivity index (χ2v) is 4.58. The highest BCUT2D eigenvalue weighted by Gasteiger charge is 2.40. The monoisotopic (exact) mass is 253 g/mol. The molecule has 0 spiro atoms. The van der Waals surface area contributed by atoms with E-state index in [0.29, 0.717) is 13.2 Å². The molecule has 1 aliphatic rings. The fourth-order valence-corrected chi connectivity index (χ4v) is 2.27. The van der Waals surface area contributed by atoms with E-state index in [0.717, 1.165) is 30.8 Å². The molecule has 0 aliphatic carbocycles. The summed E-state index contributed by atoms with van der Waals surface area (Å²) in [7, 11) is 1.61. The number of hydrogen-bond donors (Lipinski definition) is 2. The molecule has 1 amide bonds. The van der Waals surface area contributed by atoms with Crippen LogP contribution in [0.4, 0.5) is 0 Å². The minimum Gasteiger partial charge on any atom is -0.448 e. The van der Waals surface area contributed by atoms with E-state index in [-0.39, 0.29) is 5.91 Å². The third kappa shape index (κ3) is 2.54. The quantitative estimate of drug-likeness (QED) is 0.792. The number of oxazole rings is 1. The molecular formula is C12H19N3O3. The Morgan fingerprint density at radius 2 is 2.56 bits per heavy atom. The maximum Gasteiger partial charge on any atom is 0.243 e. The van der Waals surface area contributed by atoms with E-state index in [1.54, 1.807) is 7.11 Å². The van der Waals surface area contributed by atoms with Gasteiger partial charge in [-0.2, -0.15) is 0 Å². The van der Waals surface area contributed by atoms with Crippen LogP contribution in [0.25, 0.3) is 0 Å². The lowest BCUT2D eigenvalue weighted by Gasteiger charge is -2.27. The number of aryl methyl sites for hydroxylation is 1. The van der Waals surface area contributed by atoms with Crippen molar-refractivity contribution in [2.24, 2.45) is 0 Å². The number of aromatic nitrogens is 1. The second-order valence-electron chi connectivity index (χ2n) is 4.58. The van der Waals surface area contributed by atoms with Crippen molar-refractivity contribution in [3.05, 3.63) is 17.8 Å². The highest BCUT2D eigenvalue weighted by molar-refractivity contribution is 5.86. The molecule has 1 unspecified atom stereocenters. The zero-order valence-electron chi connectivity index (χ0n) is 10.8. The van der Waals surface area contributed by atoms with Crippen molar-refractivity contribution in [1.29, 1.82) is 0 Å². The SMILES string of the molecule is COCC1(C(=O)NCc2ncoc2C)CCCN1. The number of carbonyl (C=O) groups excluding carboxylic acids is 1. The molecule has 6 heteroatoms. The van der Waals surface area contributed by atoms with Crippen LogP contribution in [0.3, 0.4) is 0 Å². The predicted octanol–water partition coefficient (Wildman–Crippen LogP) is 0.368. The van der Waals surface area contributed by atoms with E-state index < -0.39 is 5.54 Å². The molecule has 1 atom stereocenters. The highest BCUT2D eigenvalue weighted by atomic mass is 16.5. The molecule has 1 fully saturated rings. The van der Waals surface area contributed by atoms with E-state index in [1.807, 2.05) is 6.92 Å². The zero-order chi connectivity index (χ0) is 13.0. The smallest absolute Gasteiger partial charge is 0.243 e. The minimum absolute atomic E-state index is 0.0377. The largest absolute Gasteiger partial charge is 0.448 e. The van der Waals surface area contributed by atoms with Gasteiger partial charge in [0.1, 0.15) is 17.0 Å². The van der Waals surface area contributed by atoms with Crippen LogP contribution in [-0.4, -0.2) is 36.7 Å². The fraction of sp³-hybridized carbons (Fsp3) is 0.667. The van der Waals surface area contributed by atoms with Crippen LogP contribution in [-0.2, 0) is 16.1 Å². The molecule has 100 valence electrons. The van der Waals surface area contributed by atoms with Gasteiger partial charge in [0.2, 0.25) is 5.91 Å². The normalized spacial score (nSPS) is 23.2. The lowest BCUT2D eigenvalue weighted by Crippen LogP contribution is -2.56. The number of methoxy groups -OCH3 is 1.